The summed E-state index contributed by atoms with van der Waals surface area (Å²) in [5.74, 6) is 0.882. The van der Waals surface area contributed by atoms with E-state index in [-0.39, 0.29) is 23.3 Å². The largest absolute Gasteiger partial charge is 0.334 e. The molecule has 24 heavy (non-hydrogen) atoms. The first kappa shape index (κ1) is 17.6. The molecule has 2 aliphatic rings. The Morgan fingerprint density at radius 1 is 1.38 bits per heavy atom. The van der Waals surface area contributed by atoms with Gasteiger partial charge >= 0.3 is 0 Å². The fourth-order valence-electron chi connectivity index (χ4n) is 3.63. The smallest absolute Gasteiger partial charge is 0.246 e. The van der Waals surface area contributed by atoms with Gasteiger partial charge in [-0.2, -0.15) is 0 Å². The van der Waals surface area contributed by atoms with E-state index in [9.17, 15) is 13.2 Å². The van der Waals surface area contributed by atoms with Crippen LogP contribution in [0, 0.1) is 5.92 Å². The lowest BCUT2D eigenvalue weighted by Gasteiger charge is -2.23. The topological polar surface area (TPSA) is 67.3 Å². The van der Waals surface area contributed by atoms with Gasteiger partial charge in [0.2, 0.25) is 5.91 Å². The number of hydrogen-bond acceptors (Lipinski definition) is 5. The number of aromatic nitrogens is 1. The van der Waals surface area contributed by atoms with Crippen molar-refractivity contribution in [2.45, 2.75) is 44.6 Å². The summed E-state index contributed by atoms with van der Waals surface area (Å²) in [5.41, 5.74) is 0. The molecule has 3 rings (SSSR count). The third-order valence-corrected chi connectivity index (χ3v) is 7.90. The third-order valence-electron chi connectivity index (χ3n) is 4.91. The van der Waals surface area contributed by atoms with Crippen LogP contribution in [0.1, 0.15) is 47.9 Å². The van der Waals surface area contributed by atoms with Gasteiger partial charge < -0.3 is 4.90 Å². The van der Waals surface area contributed by atoms with Gasteiger partial charge in [0.1, 0.15) is 0 Å². The summed E-state index contributed by atoms with van der Waals surface area (Å²) in [6.45, 7) is 4.54. The van der Waals surface area contributed by atoms with Crippen LogP contribution in [0.2, 0.25) is 0 Å². The second kappa shape index (κ2) is 7.35. The van der Waals surface area contributed by atoms with Gasteiger partial charge in [0.05, 0.1) is 23.1 Å². The first-order valence-electron chi connectivity index (χ1n) is 8.53. The van der Waals surface area contributed by atoms with Crippen molar-refractivity contribution in [2.24, 2.45) is 5.92 Å². The molecule has 1 aromatic heterocycles. The molecule has 1 amide bonds. The van der Waals surface area contributed by atoms with Crippen molar-refractivity contribution in [2.75, 3.05) is 18.1 Å². The summed E-state index contributed by atoms with van der Waals surface area (Å²) in [5, 5.41) is 1.18. The molecule has 0 aromatic carbocycles. The molecule has 1 aliphatic carbocycles. The van der Waals surface area contributed by atoms with Gasteiger partial charge in [-0.1, -0.05) is 19.4 Å². The van der Waals surface area contributed by atoms with Crippen molar-refractivity contribution in [3.63, 3.8) is 0 Å². The minimum Gasteiger partial charge on any atom is -0.334 e. The van der Waals surface area contributed by atoms with E-state index in [0.717, 1.165) is 4.88 Å². The van der Waals surface area contributed by atoms with Crippen molar-refractivity contribution >= 4 is 27.1 Å². The molecule has 1 aliphatic heterocycles. The van der Waals surface area contributed by atoms with Crippen LogP contribution in [0.5, 0.6) is 0 Å². The van der Waals surface area contributed by atoms with E-state index in [2.05, 4.69) is 11.6 Å². The number of rotatable bonds is 6. The first-order chi connectivity index (χ1) is 11.5. The van der Waals surface area contributed by atoms with Crippen molar-refractivity contribution < 1.29 is 13.2 Å². The van der Waals surface area contributed by atoms with Gasteiger partial charge in [-0.3, -0.25) is 4.79 Å². The maximum atomic E-state index is 12.2. The number of carbonyl (C=O) groups is 1. The van der Waals surface area contributed by atoms with E-state index in [0.29, 0.717) is 25.4 Å². The van der Waals surface area contributed by atoms with Gasteiger partial charge in [-0.05, 0) is 31.3 Å². The molecule has 1 saturated heterocycles. The Bertz CT molecular complexity index is 705. The fraction of sp³-hybridized carbons (Fsp3) is 0.647. The van der Waals surface area contributed by atoms with Crippen LogP contribution in [0.3, 0.4) is 0 Å². The Kier molecular flexibility index (Phi) is 5.39. The summed E-state index contributed by atoms with van der Waals surface area (Å²) >= 11 is 1.69. The van der Waals surface area contributed by atoms with Gasteiger partial charge in [-0.25, -0.2) is 13.4 Å². The molecule has 0 bridgehead atoms. The molecular formula is C17H24N2O3S2. The minimum absolute atomic E-state index is 0.0288. The van der Waals surface area contributed by atoms with E-state index in [1.54, 1.807) is 16.2 Å². The van der Waals surface area contributed by atoms with E-state index in [1.165, 1.54) is 36.8 Å². The highest BCUT2D eigenvalue weighted by Crippen LogP contribution is 2.36. The summed E-state index contributed by atoms with van der Waals surface area (Å²) in [4.78, 5) is 19.5. The Balaban J connectivity index is 1.66. The maximum absolute atomic E-state index is 12.2. The molecule has 132 valence electrons. The number of carbonyl (C=O) groups excluding carboxylic acids is 1. The average molecular weight is 369 g/mol. The molecule has 0 spiro atoms. The van der Waals surface area contributed by atoms with Crippen LogP contribution in [0.15, 0.2) is 18.9 Å². The molecule has 1 saturated carbocycles. The first-order valence-corrected chi connectivity index (χ1v) is 11.2. The zero-order valence-corrected chi connectivity index (χ0v) is 15.4. The second-order valence-corrected chi connectivity index (χ2v) is 10.2. The van der Waals surface area contributed by atoms with Gasteiger partial charge in [0.15, 0.2) is 9.84 Å². The molecule has 5 nitrogen and oxygen atoms in total. The Morgan fingerprint density at radius 2 is 2.12 bits per heavy atom. The molecule has 2 fully saturated rings. The van der Waals surface area contributed by atoms with E-state index in [1.807, 2.05) is 6.20 Å². The highest BCUT2D eigenvalue weighted by atomic mass is 32.2. The minimum atomic E-state index is -2.93. The maximum Gasteiger partial charge on any atom is 0.246 e. The molecule has 2 heterocycles. The summed E-state index contributed by atoms with van der Waals surface area (Å²) in [7, 11) is -2.93. The van der Waals surface area contributed by atoms with Crippen LogP contribution in [-0.4, -0.2) is 42.3 Å². The van der Waals surface area contributed by atoms with Gasteiger partial charge in [0, 0.05) is 23.5 Å². The molecule has 7 heteroatoms. The number of sulfone groups is 1. The number of amides is 1. The molecule has 1 atom stereocenters. The van der Waals surface area contributed by atoms with Crippen molar-refractivity contribution in [1.82, 2.24) is 9.88 Å². The van der Waals surface area contributed by atoms with Crippen LogP contribution in [0.4, 0.5) is 0 Å². The number of nitrogens with zero attached hydrogens (tertiary/aromatic N) is 2. The Hall–Kier alpha value is -1.21. The lowest BCUT2D eigenvalue weighted by atomic mass is 10.1. The van der Waals surface area contributed by atoms with Crippen molar-refractivity contribution in [3.8, 4) is 0 Å². The van der Waals surface area contributed by atoms with Crippen molar-refractivity contribution in [3.05, 3.63) is 28.7 Å². The van der Waals surface area contributed by atoms with Crippen LogP contribution in [0.25, 0.3) is 0 Å². The predicted molar refractivity (Wildman–Crippen MR) is 95.7 cm³/mol. The number of thiazole rings is 1. The van der Waals surface area contributed by atoms with Crippen LogP contribution < -0.4 is 0 Å². The summed E-state index contributed by atoms with van der Waals surface area (Å²) < 4.78 is 23.3. The quantitative estimate of drug-likeness (QED) is 0.724. The van der Waals surface area contributed by atoms with Gasteiger partial charge in [0.25, 0.3) is 0 Å². The normalized spacial score (nSPS) is 23.4. The van der Waals surface area contributed by atoms with Crippen molar-refractivity contribution in [1.29, 1.82) is 0 Å². The van der Waals surface area contributed by atoms with Crippen LogP contribution in [-0.2, 0) is 21.2 Å². The highest BCUT2D eigenvalue weighted by Gasteiger charge is 2.30. The monoisotopic (exact) mass is 368 g/mol. The third kappa shape index (κ3) is 4.25. The SMILES string of the molecule is C=CC(=O)N(Cc1cnc(C2CCCC2)s1)CC1CCS(=O)(=O)C1. The predicted octanol–water partition coefficient (Wildman–Crippen LogP) is 2.75. The Labute approximate surface area is 147 Å². The standard InChI is InChI=1S/C17H24N2O3S2/c1-2-16(20)19(10-13-7-8-24(21,22)12-13)11-15-9-18-17(23-15)14-5-3-4-6-14/h2,9,13-14H,1,3-8,10-12H2. The van der Waals surface area contributed by atoms with E-state index < -0.39 is 9.84 Å². The average Bonchev–Trinajstić information content (AvgIpc) is 3.26. The van der Waals surface area contributed by atoms with E-state index in [4.69, 9.17) is 0 Å². The molecule has 0 radical (unpaired) electrons. The summed E-state index contributed by atoms with van der Waals surface area (Å²) in [6, 6.07) is 0. The fourth-order valence-corrected chi connectivity index (χ4v) is 6.59. The molecular weight excluding hydrogens is 344 g/mol. The Morgan fingerprint density at radius 3 is 2.75 bits per heavy atom. The van der Waals surface area contributed by atoms with Gasteiger partial charge in [-0.15, -0.1) is 11.3 Å². The zero-order chi connectivity index (χ0) is 17.2. The molecule has 0 N–H and O–H groups in total. The molecule has 1 aromatic rings. The van der Waals surface area contributed by atoms with E-state index >= 15 is 0 Å². The summed E-state index contributed by atoms with van der Waals surface area (Å²) in [6.07, 6.45) is 8.78. The lowest BCUT2D eigenvalue weighted by molar-refractivity contribution is -0.127. The number of hydrogen-bond donors (Lipinski definition) is 0. The lowest BCUT2D eigenvalue weighted by Crippen LogP contribution is -2.34. The zero-order valence-electron chi connectivity index (χ0n) is 13.8. The highest BCUT2D eigenvalue weighted by molar-refractivity contribution is 7.91. The van der Waals surface area contributed by atoms with Crippen LogP contribution >= 0.6 is 11.3 Å². The molecule has 1 unspecified atom stereocenters. The second-order valence-electron chi connectivity index (χ2n) is 6.84.